The normalized spacial score (nSPS) is 11.2. The van der Waals surface area contributed by atoms with Crippen LogP contribution in [0.25, 0.3) is 0 Å². The Balaban J connectivity index is 2.12. The molecule has 0 saturated carbocycles. The highest BCUT2D eigenvalue weighted by Crippen LogP contribution is 2.10. The van der Waals surface area contributed by atoms with Gasteiger partial charge in [-0.3, -0.25) is 0 Å². The Morgan fingerprint density at radius 1 is 1.21 bits per heavy atom. The first-order valence-corrected chi connectivity index (χ1v) is 7.16. The van der Waals surface area contributed by atoms with E-state index >= 15 is 0 Å². The predicted octanol–water partition coefficient (Wildman–Crippen LogP) is 0.272. The van der Waals surface area contributed by atoms with E-state index in [1.165, 1.54) is 12.4 Å². The molecule has 0 spiro atoms. The molecule has 8 heteroatoms. The average Bonchev–Trinajstić information content (AvgIpc) is 2.39. The number of anilines is 1. The standard InChI is InChI=1S/C11H13N5O2S/c12-7-9-2-1-3-10(6-9)8-19(17,18)16-11-13-4-5-14-15-11/h1-6H,7-8,12H2,(H,13,15,16). The van der Waals surface area contributed by atoms with Crippen LogP contribution in [0.4, 0.5) is 5.95 Å². The number of hydrogen-bond donors (Lipinski definition) is 2. The Labute approximate surface area is 110 Å². The van der Waals surface area contributed by atoms with Gasteiger partial charge in [0.05, 0.1) is 18.1 Å². The first-order valence-electron chi connectivity index (χ1n) is 5.51. The topological polar surface area (TPSA) is 111 Å². The number of nitrogens with two attached hydrogens (primary N) is 1. The van der Waals surface area contributed by atoms with Crippen LogP contribution >= 0.6 is 0 Å². The molecule has 3 N–H and O–H groups in total. The van der Waals surface area contributed by atoms with Gasteiger partial charge in [0, 0.05) is 6.54 Å². The van der Waals surface area contributed by atoms with Gasteiger partial charge < -0.3 is 5.73 Å². The second-order valence-electron chi connectivity index (χ2n) is 3.85. The van der Waals surface area contributed by atoms with Crippen molar-refractivity contribution in [1.82, 2.24) is 15.2 Å². The van der Waals surface area contributed by atoms with Gasteiger partial charge in [-0.1, -0.05) is 24.3 Å². The molecule has 0 atom stereocenters. The summed E-state index contributed by atoms with van der Waals surface area (Å²) < 4.78 is 26.1. The van der Waals surface area contributed by atoms with Crippen LogP contribution < -0.4 is 10.5 Å². The van der Waals surface area contributed by atoms with Crippen LogP contribution in [0.15, 0.2) is 36.7 Å². The van der Waals surface area contributed by atoms with Crippen LogP contribution in [0.2, 0.25) is 0 Å². The number of aromatic nitrogens is 3. The van der Waals surface area contributed by atoms with Crippen molar-refractivity contribution in [2.75, 3.05) is 4.72 Å². The molecule has 0 bridgehead atoms. The summed E-state index contributed by atoms with van der Waals surface area (Å²) in [6, 6.07) is 7.09. The fourth-order valence-electron chi connectivity index (χ4n) is 1.54. The first-order chi connectivity index (χ1) is 9.09. The Bertz CT molecular complexity index is 645. The molecule has 0 fully saturated rings. The molecular weight excluding hydrogens is 266 g/mol. The highest BCUT2D eigenvalue weighted by atomic mass is 32.2. The SMILES string of the molecule is NCc1cccc(CS(=O)(=O)Nc2nccnn2)c1. The van der Waals surface area contributed by atoms with E-state index in [0.29, 0.717) is 12.1 Å². The molecule has 1 heterocycles. The van der Waals surface area contributed by atoms with Gasteiger partial charge in [0.25, 0.3) is 5.95 Å². The molecule has 0 unspecified atom stereocenters. The van der Waals surface area contributed by atoms with E-state index in [1.807, 2.05) is 6.07 Å². The minimum Gasteiger partial charge on any atom is -0.326 e. The smallest absolute Gasteiger partial charge is 0.256 e. The predicted molar refractivity (Wildman–Crippen MR) is 70.4 cm³/mol. The van der Waals surface area contributed by atoms with E-state index in [-0.39, 0.29) is 11.7 Å². The van der Waals surface area contributed by atoms with E-state index in [0.717, 1.165) is 5.56 Å². The van der Waals surface area contributed by atoms with Gasteiger partial charge in [0.1, 0.15) is 0 Å². The number of hydrogen-bond acceptors (Lipinski definition) is 6. The van der Waals surface area contributed by atoms with Crippen LogP contribution in [-0.2, 0) is 22.3 Å². The maximum Gasteiger partial charge on any atom is 0.256 e. The third-order valence-electron chi connectivity index (χ3n) is 2.31. The second-order valence-corrected chi connectivity index (χ2v) is 5.57. The summed E-state index contributed by atoms with van der Waals surface area (Å²) in [5, 5.41) is 7.12. The molecule has 0 amide bonds. The maximum absolute atomic E-state index is 11.9. The van der Waals surface area contributed by atoms with Crippen LogP contribution in [-0.4, -0.2) is 23.6 Å². The number of nitrogens with one attached hydrogen (secondary N) is 1. The monoisotopic (exact) mass is 279 g/mol. The van der Waals surface area contributed by atoms with Gasteiger partial charge >= 0.3 is 0 Å². The van der Waals surface area contributed by atoms with E-state index in [9.17, 15) is 8.42 Å². The minimum absolute atomic E-state index is 0.0440. The molecule has 1 aromatic carbocycles. The van der Waals surface area contributed by atoms with Gasteiger partial charge in [0.2, 0.25) is 10.0 Å². The zero-order valence-corrected chi connectivity index (χ0v) is 10.8. The lowest BCUT2D eigenvalue weighted by Gasteiger charge is -2.06. The molecule has 0 aliphatic carbocycles. The molecule has 0 saturated heterocycles. The maximum atomic E-state index is 11.9. The van der Waals surface area contributed by atoms with Crippen molar-refractivity contribution in [3.05, 3.63) is 47.8 Å². The number of sulfonamides is 1. The largest absolute Gasteiger partial charge is 0.326 e. The van der Waals surface area contributed by atoms with E-state index in [1.54, 1.807) is 18.2 Å². The van der Waals surface area contributed by atoms with Crippen molar-refractivity contribution in [2.45, 2.75) is 12.3 Å². The van der Waals surface area contributed by atoms with Crippen LogP contribution in [0, 0.1) is 0 Å². The van der Waals surface area contributed by atoms with E-state index < -0.39 is 10.0 Å². The molecular formula is C11H13N5O2S. The molecule has 1 aromatic heterocycles. The molecule has 2 rings (SSSR count). The first kappa shape index (κ1) is 13.4. The highest BCUT2D eigenvalue weighted by Gasteiger charge is 2.13. The van der Waals surface area contributed by atoms with Crippen LogP contribution in [0.5, 0.6) is 0 Å². The van der Waals surface area contributed by atoms with Crippen molar-refractivity contribution >= 4 is 16.0 Å². The highest BCUT2D eigenvalue weighted by molar-refractivity contribution is 7.91. The Hall–Kier alpha value is -2.06. The molecule has 7 nitrogen and oxygen atoms in total. The lowest BCUT2D eigenvalue weighted by atomic mass is 10.1. The lowest BCUT2D eigenvalue weighted by Crippen LogP contribution is -2.17. The number of nitrogens with zero attached hydrogens (tertiary/aromatic N) is 3. The van der Waals surface area contributed by atoms with Gasteiger partial charge in [0.15, 0.2) is 0 Å². The summed E-state index contributed by atoms with van der Waals surface area (Å²) in [5.74, 6) is -0.212. The third-order valence-corrected chi connectivity index (χ3v) is 3.52. The fourth-order valence-corrected chi connectivity index (χ4v) is 2.60. The average molecular weight is 279 g/mol. The van der Waals surface area contributed by atoms with E-state index in [2.05, 4.69) is 19.9 Å². The van der Waals surface area contributed by atoms with Gasteiger partial charge in [-0.25, -0.2) is 18.1 Å². The van der Waals surface area contributed by atoms with Crippen LogP contribution in [0.1, 0.15) is 11.1 Å². The zero-order valence-electron chi connectivity index (χ0n) is 10.0. The molecule has 0 radical (unpaired) electrons. The van der Waals surface area contributed by atoms with Crippen molar-refractivity contribution in [2.24, 2.45) is 5.73 Å². The molecule has 19 heavy (non-hydrogen) atoms. The summed E-state index contributed by atoms with van der Waals surface area (Å²) >= 11 is 0. The van der Waals surface area contributed by atoms with Gasteiger partial charge in [-0.05, 0) is 11.1 Å². The summed E-state index contributed by atoms with van der Waals surface area (Å²) in [5.41, 5.74) is 7.04. The Kier molecular flexibility index (Phi) is 4.03. The third kappa shape index (κ3) is 3.97. The molecule has 0 aliphatic heterocycles. The second kappa shape index (κ2) is 5.72. The summed E-state index contributed by atoms with van der Waals surface area (Å²) in [7, 11) is -3.57. The Morgan fingerprint density at radius 3 is 2.68 bits per heavy atom. The Morgan fingerprint density at radius 2 is 2.00 bits per heavy atom. The van der Waals surface area contributed by atoms with Crippen LogP contribution in [0.3, 0.4) is 0 Å². The van der Waals surface area contributed by atoms with Crippen molar-refractivity contribution in [3.63, 3.8) is 0 Å². The van der Waals surface area contributed by atoms with E-state index in [4.69, 9.17) is 5.73 Å². The molecule has 0 aliphatic rings. The van der Waals surface area contributed by atoms with Crippen molar-refractivity contribution in [1.29, 1.82) is 0 Å². The zero-order chi connectivity index (χ0) is 13.7. The quantitative estimate of drug-likeness (QED) is 0.812. The number of rotatable bonds is 5. The van der Waals surface area contributed by atoms with Crippen molar-refractivity contribution < 1.29 is 8.42 Å². The fraction of sp³-hybridized carbons (Fsp3) is 0.182. The summed E-state index contributed by atoms with van der Waals surface area (Å²) in [6.45, 7) is 0.368. The molecule has 2 aromatic rings. The van der Waals surface area contributed by atoms with Gasteiger partial charge in [-0.2, -0.15) is 5.10 Å². The van der Waals surface area contributed by atoms with Crippen molar-refractivity contribution in [3.8, 4) is 0 Å². The number of benzene rings is 1. The lowest BCUT2D eigenvalue weighted by molar-refractivity contribution is 0.600. The summed E-state index contributed by atoms with van der Waals surface area (Å²) in [4.78, 5) is 3.76. The molecule has 100 valence electrons. The van der Waals surface area contributed by atoms with Gasteiger partial charge in [-0.15, -0.1) is 5.10 Å². The summed E-state index contributed by atoms with van der Waals surface area (Å²) in [6.07, 6.45) is 2.72. The minimum atomic E-state index is -3.57.